The van der Waals surface area contributed by atoms with Gasteiger partial charge in [-0.2, -0.15) is 0 Å². The Morgan fingerprint density at radius 1 is 0.935 bits per heavy atom. The van der Waals surface area contributed by atoms with Crippen molar-refractivity contribution in [2.75, 3.05) is 6.61 Å². The molecule has 1 amide bonds. The summed E-state index contributed by atoms with van der Waals surface area (Å²) in [5.74, 6) is -1.97. The van der Waals surface area contributed by atoms with Crippen molar-refractivity contribution >= 4 is 39.7 Å². The zero-order valence-corrected chi connectivity index (χ0v) is 19.0. The molecule has 0 bridgehead atoms. The fourth-order valence-electron chi connectivity index (χ4n) is 3.04. The van der Waals surface area contributed by atoms with Crippen LogP contribution in [0.15, 0.2) is 28.7 Å². The maximum atomic E-state index is 11.9. The molecule has 0 saturated carbocycles. The standard InChI is InChI=1S/C20H24BrNO9/c1-10(23)22-17-19(29-13(4)26)18(28-12(3)25)16(9-27-11(2)24)31-20(17)30-15-7-5-14(21)6-8-15/h5-8,16-20H,9H2,1-4H3,(H,22,23)/t16-,17+,18+,19-,20-/m1/s1. The molecule has 1 aromatic carbocycles. The largest absolute Gasteiger partial charge is 0.463 e. The molecule has 0 radical (unpaired) electrons. The van der Waals surface area contributed by atoms with Crippen LogP contribution >= 0.6 is 15.9 Å². The Bertz CT molecular complexity index is 813. The summed E-state index contributed by atoms with van der Waals surface area (Å²) in [4.78, 5) is 46.7. The molecule has 11 heteroatoms. The molecule has 2 rings (SSSR count). The first kappa shape index (κ1) is 24.6. The summed E-state index contributed by atoms with van der Waals surface area (Å²) >= 11 is 3.33. The fourth-order valence-corrected chi connectivity index (χ4v) is 3.30. The molecular weight excluding hydrogens is 478 g/mol. The highest BCUT2D eigenvalue weighted by atomic mass is 79.9. The van der Waals surface area contributed by atoms with Crippen molar-refractivity contribution in [3.63, 3.8) is 0 Å². The number of hydrogen-bond donors (Lipinski definition) is 1. The number of hydrogen-bond acceptors (Lipinski definition) is 9. The normalized spacial score (nSPS) is 25.1. The van der Waals surface area contributed by atoms with Crippen LogP contribution in [-0.4, -0.2) is 61.1 Å². The Labute approximate surface area is 187 Å². The molecular formula is C20H24BrNO9. The Kier molecular flexibility index (Phi) is 8.81. The summed E-state index contributed by atoms with van der Waals surface area (Å²) in [6.07, 6.45) is -4.51. The van der Waals surface area contributed by atoms with Gasteiger partial charge in [0.15, 0.2) is 12.2 Å². The number of halogens is 1. The van der Waals surface area contributed by atoms with Gasteiger partial charge in [-0.15, -0.1) is 0 Å². The zero-order valence-electron chi connectivity index (χ0n) is 17.5. The number of rotatable bonds is 7. The van der Waals surface area contributed by atoms with E-state index in [9.17, 15) is 19.2 Å². The second kappa shape index (κ2) is 11.1. The lowest BCUT2D eigenvalue weighted by molar-refractivity contribution is -0.257. The molecule has 1 aliphatic rings. The number of benzene rings is 1. The van der Waals surface area contributed by atoms with Gasteiger partial charge in [0, 0.05) is 32.2 Å². The average Bonchev–Trinajstić information content (AvgIpc) is 2.65. The van der Waals surface area contributed by atoms with Gasteiger partial charge in [-0.05, 0) is 24.3 Å². The van der Waals surface area contributed by atoms with E-state index in [1.165, 1.54) is 27.7 Å². The van der Waals surface area contributed by atoms with Gasteiger partial charge < -0.3 is 29.0 Å². The number of carbonyl (C=O) groups is 4. The van der Waals surface area contributed by atoms with Gasteiger partial charge in [0.25, 0.3) is 0 Å². The lowest BCUT2D eigenvalue weighted by Gasteiger charge is -2.44. The molecule has 0 aromatic heterocycles. The molecule has 1 N–H and O–H groups in total. The number of carbonyl (C=O) groups excluding carboxylic acids is 4. The minimum absolute atomic E-state index is 0.294. The minimum Gasteiger partial charge on any atom is -0.463 e. The second-order valence-electron chi connectivity index (χ2n) is 6.79. The van der Waals surface area contributed by atoms with Crippen molar-refractivity contribution in [1.82, 2.24) is 5.32 Å². The molecule has 1 aliphatic heterocycles. The van der Waals surface area contributed by atoms with E-state index >= 15 is 0 Å². The highest BCUT2D eigenvalue weighted by molar-refractivity contribution is 9.10. The van der Waals surface area contributed by atoms with Gasteiger partial charge in [0.05, 0.1) is 0 Å². The van der Waals surface area contributed by atoms with E-state index in [-0.39, 0.29) is 6.61 Å². The van der Waals surface area contributed by atoms with Gasteiger partial charge >= 0.3 is 17.9 Å². The number of esters is 3. The lowest BCUT2D eigenvalue weighted by Crippen LogP contribution is -2.67. The first-order valence-electron chi connectivity index (χ1n) is 9.39. The number of amides is 1. The van der Waals surface area contributed by atoms with Crippen molar-refractivity contribution in [2.45, 2.75) is 58.3 Å². The van der Waals surface area contributed by atoms with E-state index in [1.807, 2.05) is 0 Å². The van der Waals surface area contributed by atoms with Crippen LogP contribution in [0.2, 0.25) is 0 Å². The van der Waals surface area contributed by atoms with E-state index in [0.29, 0.717) is 5.75 Å². The van der Waals surface area contributed by atoms with Crippen molar-refractivity contribution in [2.24, 2.45) is 0 Å². The van der Waals surface area contributed by atoms with Gasteiger partial charge in [0.2, 0.25) is 12.2 Å². The molecule has 1 fully saturated rings. The van der Waals surface area contributed by atoms with Gasteiger partial charge in [-0.3, -0.25) is 19.2 Å². The molecule has 10 nitrogen and oxygen atoms in total. The molecule has 0 unspecified atom stereocenters. The molecule has 170 valence electrons. The maximum Gasteiger partial charge on any atom is 0.303 e. The molecule has 1 aromatic rings. The molecule has 0 aliphatic carbocycles. The van der Waals surface area contributed by atoms with E-state index in [0.717, 1.165) is 4.47 Å². The van der Waals surface area contributed by atoms with Gasteiger partial charge in [0.1, 0.15) is 24.5 Å². The minimum atomic E-state index is -1.17. The Balaban J connectivity index is 2.43. The summed E-state index contributed by atoms with van der Waals surface area (Å²) in [5.41, 5.74) is 0. The Hall–Kier alpha value is -2.66. The average molecular weight is 502 g/mol. The number of ether oxygens (including phenoxy) is 5. The predicted molar refractivity (Wildman–Crippen MR) is 109 cm³/mol. The quantitative estimate of drug-likeness (QED) is 0.436. The molecule has 1 heterocycles. The van der Waals surface area contributed by atoms with Crippen LogP contribution in [0.4, 0.5) is 0 Å². The summed E-state index contributed by atoms with van der Waals surface area (Å²) in [5, 5.41) is 2.63. The zero-order chi connectivity index (χ0) is 23.1. The third-order valence-corrected chi connectivity index (χ3v) is 4.67. The topological polar surface area (TPSA) is 126 Å². The smallest absolute Gasteiger partial charge is 0.303 e. The third-order valence-electron chi connectivity index (χ3n) is 4.14. The van der Waals surface area contributed by atoms with Gasteiger partial charge in [-0.25, -0.2) is 0 Å². The number of nitrogens with one attached hydrogen (secondary N) is 1. The van der Waals surface area contributed by atoms with Crippen LogP contribution < -0.4 is 10.1 Å². The fraction of sp³-hybridized carbons (Fsp3) is 0.500. The predicted octanol–water partition coefficient (Wildman–Crippen LogP) is 1.48. The molecule has 1 saturated heterocycles. The molecule has 31 heavy (non-hydrogen) atoms. The SMILES string of the molecule is CC(=O)N[C@@H]1[C@H](Oc2ccc(Br)cc2)O[C@H](COC(C)=O)[C@H](OC(C)=O)[C@@H]1OC(C)=O. The van der Waals surface area contributed by atoms with Crippen LogP contribution in [0.1, 0.15) is 27.7 Å². The second-order valence-corrected chi connectivity index (χ2v) is 7.71. The Morgan fingerprint density at radius 3 is 2.03 bits per heavy atom. The van der Waals surface area contributed by atoms with Crippen LogP contribution in [0.25, 0.3) is 0 Å². The first-order valence-corrected chi connectivity index (χ1v) is 10.2. The van der Waals surface area contributed by atoms with Gasteiger partial charge in [-0.1, -0.05) is 15.9 Å². The van der Waals surface area contributed by atoms with Crippen molar-refractivity contribution in [1.29, 1.82) is 0 Å². The van der Waals surface area contributed by atoms with E-state index in [2.05, 4.69) is 21.2 Å². The monoisotopic (exact) mass is 501 g/mol. The van der Waals surface area contributed by atoms with E-state index in [4.69, 9.17) is 23.7 Å². The first-order chi connectivity index (χ1) is 14.6. The molecule has 0 spiro atoms. The summed E-state index contributed by atoms with van der Waals surface area (Å²) in [6.45, 7) is 4.54. The van der Waals surface area contributed by atoms with E-state index in [1.54, 1.807) is 24.3 Å². The summed E-state index contributed by atoms with van der Waals surface area (Å²) in [7, 11) is 0. The summed E-state index contributed by atoms with van der Waals surface area (Å²) in [6, 6.07) is 5.79. The van der Waals surface area contributed by atoms with Crippen molar-refractivity contribution in [3.05, 3.63) is 28.7 Å². The van der Waals surface area contributed by atoms with Crippen LogP contribution in [-0.2, 0) is 38.1 Å². The van der Waals surface area contributed by atoms with Crippen molar-refractivity contribution < 1.29 is 42.9 Å². The van der Waals surface area contributed by atoms with E-state index < -0.39 is 54.5 Å². The Morgan fingerprint density at radius 2 is 1.52 bits per heavy atom. The van der Waals surface area contributed by atoms with Crippen LogP contribution in [0.5, 0.6) is 5.75 Å². The van der Waals surface area contributed by atoms with Crippen LogP contribution in [0, 0.1) is 0 Å². The van der Waals surface area contributed by atoms with Crippen molar-refractivity contribution in [3.8, 4) is 5.75 Å². The summed E-state index contributed by atoms with van der Waals surface area (Å²) < 4.78 is 28.4. The highest BCUT2D eigenvalue weighted by Gasteiger charge is 2.51. The molecule has 5 atom stereocenters. The highest BCUT2D eigenvalue weighted by Crippen LogP contribution is 2.29. The third kappa shape index (κ3) is 7.51. The lowest BCUT2D eigenvalue weighted by atomic mass is 9.96. The van der Waals surface area contributed by atoms with Crippen LogP contribution in [0.3, 0.4) is 0 Å². The maximum absolute atomic E-state index is 11.9.